The van der Waals surface area contributed by atoms with Crippen molar-refractivity contribution in [2.45, 2.75) is 19.6 Å². The highest BCUT2D eigenvalue weighted by Gasteiger charge is 2.11. The van der Waals surface area contributed by atoms with Crippen LogP contribution < -0.4 is 11.1 Å². The maximum absolute atomic E-state index is 11.3. The van der Waals surface area contributed by atoms with Crippen LogP contribution in [0.15, 0.2) is 30.3 Å². The molecule has 92 valence electrons. The molecule has 5 heteroatoms. The highest BCUT2D eigenvalue weighted by atomic mass is 16.5. The van der Waals surface area contributed by atoms with Crippen molar-refractivity contribution in [1.82, 2.24) is 5.32 Å². The first-order valence-electron chi connectivity index (χ1n) is 5.30. The molecule has 3 N–H and O–H groups in total. The molecule has 1 atom stereocenters. The maximum Gasteiger partial charge on any atom is 0.246 e. The Morgan fingerprint density at radius 1 is 1.35 bits per heavy atom. The fourth-order valence-corrected chi connectivity index (χ4v) is 1.19. The summed E-state index contributed by atoms with van der Waals surface area (Å²) in [6.07, 6.45) is 0. The van der Waals surface area contributed by atoms with E-state index in [2.05, 4.69) is 5.32 Å². The van der Waals surface area contributed by atoms with E-state index in [4.69, 9.17) is 10.5 Å². The number of carbonyl (C=O) groups is 2. The standard InChI is InChI=1S/C12H16N2O3/c1-9(12(13)16)14-11(15)8-17-7-10-5-3-2-4-6-10/h2-6,9H,7-8H2,1H3,(H2,13,16)(H,14,15)/t9-/m1/s1. The third-order valence-electron chi connectivity index (χ3n) is 2.15. The first kappa shape index (κ1) is 13.2. The van der Waals surface area contributed by atoms with Gasteiger partial charge in [0.05, 0.1) is 6.61 Å². The van der Waals surface area contributed by atoms with Gasteiger partial charge in [0.15, 0.2) is 0 Å². The van der Waals surface area contributed by atoms with E-state index in [1.807, 2.05) is 30.3 Å². The lowest BCUT2D eigenvalue weighted by atomic mass is 10.2. The zero-order valence-corrected chi connectivity index (χ0v) is 9.68. The molecule has 0 saturated heterocycles. The summed E-state index contributed by atoms with van der Waals surface area (Å²) in [5.41, 5.74) is 6.00. The molecule has 0 aliphatic carbocycles. The lowest BCUT2D eigenvalue weighted by Crippen LogP contribution is -2.43. The first-order valence-corrected chi connectivity index (χ1v) is 5.30. The third kappa shape index (κ3) is 5.12. The largest absolute Gasteiger partial charge is 0.368 e. The second kappa shape index (κ2) is 6.65. The van der Waals surface area contributed by atoms with E-state index < -0.39 is 11.9 Å². The van der Waals surface area contributed by atoms with Crippen molar-refractivity contribution < 1.29 is 14.3 Å². The van der Waals surface area contributed by atoms with E-state index in [-0.39, 0.29) is 12.5 Å². The van der Waals surface area contributed by atoms with Crippen LogP contribution in [0, 0.1) is 0 Å². The molecule has 0 spiro atoms. The van der Waals surface area contributed by atoms with Gasteiger partial charge in [-0.2, -0.15) is 0 Å². The normalized spacial score (nSPS) is 11.8. The van der Waals surface area contributed by atoms with Crippen molar-refractivity contribution >= 4 is 11.8 Å². The van der Waals surface area contributed by atoms with Gasteiger partial charge < -0.3 is 15.8 Å². The van der Waals surface area contributed by atoms with Crippen LogP contribution in [0.3, 0.4) is 0 Å². The molecule has 0 aliphatic rings. The van der Waals surface area contributed by atoms with Crippen molar-refractivity contribution in [2.75, 3.05) is 6.61 Å². The number of hydrogen-bond donors (Lipinski definition) is 2. The van der Waals surface area contributed by atoms with Crippen molar-refractivity contribution in [3.05, 3.63) is 35.9 Å². The number of ether oxygens (including phenoxy) is 1. The number of benzene rings is 1. The second-order valence-electron chi connectivity index (χ2n) is 3.67. The fraction of sp³-hybridized carbons (Fsp3) is 0.333. The summed E-state index contributed by atoms with van der Waals surface area (Å²) >= 11 is 0. The summed E-state index contributed by atoms with van der Waals surface area (Å²) < 4.78 is 5.20. The van der Waals surface area contributed by atoms with Gasteiger partial charge in [0.1, 0.15) is 12.6 Å². The van der Waals surface area contributed by atoms with E-state index in [0.717, 1.165) is 5.56 Å². The summed E-state index contributed by atoms with van der Waals surface area (Å²) in [6, 6.07) is 8.84. The Kier molecular flexibility index (Phi) is 5.16. The zero-order chi connectivity index (χ0) is 12.7. The molecule has 1 aromatic carbocycles. The molecule has 0 heterocycles. The van der Waals surface area contributed by atoms with Gasteiger partial charge in [-0.3, -0.25) is 9.59 Å². The molecule has 0 aromatic heterocycles. The van der Waals surface area contributed by atoms with Crippen LogP contribution in [0.5, 0.6) is 0 Å². The molecular weight excluding hydrogens is 220 g/mol. The molecule has 0 bridgehead atoms. The minimum atomic E-state index is -0.678. The van der Waals surface area contributed by atoms with Crippen molar-refractivity contribution in [2.24, 2.45) is 5.73 Å². The molecule has 2 amide bonds. The molecule has 0 aliphatic heterocycles. The van der Waals surface area contributed by atoms with Gasteiger partial charge in [0.2, 0.25) is 11.8 Å². The SMILES string of the molecule is C[C@@H](NC(=O)COCc1ccccc1)C(N)=O. The van der Waals surface area contributed by atoms with Crippen LogP contribution in [0.4, 0.5) is 0 Å². The molecule has 1 aromatic rings. The van der Waals surface area contributed by atoms with E-state index >= 15 is 0 Å². The maximum atomic E-state index is 11.3. The second-order valence-corrected chi connectivity index (χ2v) is 3.67. The van der Waals surface area contributed by atoms with Gasteiger partial charge in [-0.05, 0) is 12.5 Å². The predicted molar refractivity (Wildman–Crippen MR) is 62.9 cm³/mol. The van der Waals surface area contributed by atoms with Gasteiger partial charge in [0.25, 0.3) is 0 Å². The molecule has 0 unspecified atom stereocenters. The molecule has 1 rings (SSSR count). The summed E-state index contributed by atoms with van der Waals surface area (Å²) in [5.74, 6) is -0.923. The van der Waals surface area contributed by atoms with Gasteiger partial charge in [-0.1, -0.05) is 30.3 Å². The number of carbonyl (C=O) groups excluding carboxylic acids is 2. The molecular formula is C12H16N2O3. The van der Waals surface area contributed by atoms with E-state index in [1.54, 1.807) is 0 Å². The predicted octanol–water partition coefficient (Wildman–Crippen LogP) is 0.193. The third-order valence-corrected chi connectivity index (χ3v) is 2.15. The van der Waals surface area contributed by atoms with Gasteiger partial charge in [-0.15, -0.1) is 0 Å². The number of primary amides is 1. The number of rotatable bonds is 6. The molecule has 0 saturated carbocycles. The van der Waals surface area contributed by atoms with Gasteiger partial charge in [0, 0.05) is 0 Å². The summed E-state index contributed by atoms with van der Waals surface area (Å²) in [6.45, 7) is 1.79. The lowest BCUT2D eigenvalue weighted by molar-refractivity contribution is -0.130. The Morgan fingerprint density at radius 3 is 2.59 bits per heavy atom. The molecule has 0 fully saturated rings. The van der Waals surface area contributed by atoms with Crippen LogP contribution in [0.1, 0.15) is 12.5 Å². The van der Waals surface area contributed by atoms with Crippen molar-refractivity contribution in [1.29, 1.82) is 0 Å². The van der Waals surface area contributed by atoms with Crippen LogP contribution in [0.2, 0.25) is 0 Å². The lowest BCUT2D eigenvalue weighted by Gasteiger charge is -2.10. The zero-order valence-electron chi connectivity index (χ0n) is 9.68. The first-order chi connectivity index (χ1) is 8.09. The summed E-state index contributed by atoms with van der Waals surface area (Å²) in [4.78, 5) is 22.0. The number of nitrogens with one attached hydrogen (secondary N) is 1. The Hall–Kier alpha value is -1.88. The number of amides is 2. The summed E-state index contributed by atoms with van der Waals surface area (Å²) in [5, 5.41) is 2.43. The van der Waals surface area contributed by atoms with Crippen LogP contribution in [-0.2, 0) is 20.9 Å². The van der Waals surface area contributed by atoms with Gasteiger partial charge in [-0.25, -0.2) is 0 Å². The van der Waals surface area contributed by atoms with Crippen molar-refractivity contribution in [3.63, 3.8) is 0 Å². The monoisotopic (exact) mass is 236 g/mol. The topological polar surface area (TPSA) is 81.4 Å². The summed E-state index contributed by atoms with van der Waals surface area (Å²) in [7, 11) is 0. The van der Waals surface area contributed by atoms with Crippen molar-refractivity contribution in [3.8, 4) is 0 Å². The van der Waals surface area contributed by atoms with E-state index in [9.17, 15) is 9.59 Å². The Labute approximate surface area is 99.9 Å². The molecule has 17 heavy (non-hydrogen) atoms. The van der Waals surface area contributed by atoms with E-state index in [0.29, 0.717) is 6.61 Å². The quantitative estimate of drug-likeness (QED) is 0.740. The minimum Gasteiger partial charge on any atom is -0.368 e. The average Bonchev–Trinajstić information content (AvgIpc) is 2.30. The average molecular weight is 236 g/mol. The number of nitrogens with two attached hydrogens (primary N) is 1. The Balaban J connectivity index is 2.23. The fourth-order valence-electron chi connectivity index (χ4n) is 1.19. The van der Waals surface area contributed by atoms with Crippen LogP contribution in [0.25, 0.3) is 0 Å². The highest BCUT2D eigenvalue weighted by molar-refractivity contribution is 5.86. The van der Waals surface area contributed by atoms with E-state index in [1.165, 1.54) is 6.92 Å². The molecule has 0 radical (unpaired) electrons. The minimum absolute atomic E-state index is 0.0908. The molecule has 5 nitrogen and oxygen atoms in total. The number of hydrogen-bond acceptors (Lipinski definition) is 3. The smallest absolute Gasteiger partial charge is 0.246 e. The van der Waals surface area contributed by atoms with Crippen LogP contribution in [-0.4, -0.2) is 24.5 Å². The van der Waals surface area contributed by atoms with Crippen LogP contribution >= 0.6 is 0 Å². The Bertz CT molecular complexity index is 379. The Morgan fingerprint density at radius 2 is 2.00 bits per heavy atom. The van der Waals surface area contributed by atoms with Gasteiger partial charge >= 0.3 is 0 Å². The highest BCUT2D eigenvalue weighted by Crippen LogP contribution is 1.99.